The fourth-order valence-electron chi connectivity index (χ4n) is 1.72. The average Bonchev–Trinajstić information content (AvgIpc) is 2.96. The van der Waals surface area contributed by atoms with Crippen molar-refractivity contribution in [1.82, 2.24) is 0 Å². The minimum Gasteiger partial charge on any atom is -0.369 e. The van der Waals surface area contributed by atoms with Crippen LogP contribution in [-0.2, 0) is 0 Å². The maximum absolute atomic E-state index is 5.32. The van der Waals surface area contributed by atoms with E-state index in [9.17, 15) is 0 Å². The monoisotopic (exact) mass is 284 g/mol. The van der Waals surface area contributed by atoms with Crippen LogP contribution in [0.1, 0.15) is 17.4 Å². The zero-order chi connectivity index (χ0) is 14.4. The molecule has 2 rings (SSSR count). The summed E-state index contributed by atoms with van der Waals surface area (Å²) in [6.45, 7) is 1.89. The van der Waals surface area contributed by atoms with Gasteiger partial charge in [-0.15, -0.1) is 16.4 Å². The van der Waals surface area contributed by atoms with Crippen molar-refractivity contribution < 1.29 is 0 Å². The number of hydrogen-bond donors (Lipinski definition) is 2. The Labute approximate surface area is 122 Å². The SMILES string of the molecule is CC(=N\N=C(N)N)/C(=C\c1cccs1)c1ccccc1. The highest BCUT2D eigenvalue weighted by molar-refractivity contribution is 7.11. The van der Waals surface area contributed by atoms with Gasteiger partial charge in [-0.3, -0.25) is 0 Å². The summed E-state index contributed by atoms with van der Waals surface area (Å²) in [4.78, 5) is 1.16. The van der Waals surface area contributed by atoms with Gasteiger partial charge >= 0.3 is 0 Å². The maximum Gasteiger partial charge on any atom is 0.211 e. The molecule has 0 fully saturated rings. The Hall–Kier alpha value is -2.40. The molecule has 4 N–H and O–H groups in total. The third-order valence-corrected chi connectivity index (χ3v) is 3.44. The number of nitrogens with two attached hydrogens (primary N) is 2. The molecule has 5 heteroatoms. The van der Waals surface area contributed by atoms with Crippen LogP contribution in [-0.4, -0.2) is 11.7 Å². The number of thiophene rings is 1. The molecule has 0 aliphatic rings. The second-order valence-electron chi connectivity index (χ2n) is 4.15. The number of rotatable bonds is 4. The highest BCUT2D eigenvalue weighted by Gasteiger charge is 2.06. The lowest BCUT2D eigenvalue weighted by molar-refractivity contribution is 1.20. The van der Waals surface area contributed by atoms with E-state index in [1.807, 2.05) is 48.7 Å². The molecule has 1 heterocycles. The molecule has 1 aromatic carbocycles. The van der Waals surface area contributed by atoms with Crippen LogP contribution in [0.25, 0.3) is 11.6 Å². The second-order valence-corrected chi connectivity index (χ2v) is 5.13. The van der Waals surface area contributed by atoms with Crippen LogP contribution in [0.2, 0.25) is 0 Å². The molecule has 0 aliphatic heterocycles. The van der Waals surface area contributed by atoms with Crippen molar-refractivity contribution in [3.8, 4) is 0 Å². The molecule has 0 unspecified atom stereocenters. The quantitative estimate of drug-likeness (QED) is 0.514. The van der Waals surface area contributed by atoms with Gasteiger partial charge in [0, 0.05) is 10.5 Å². The standard InChI is InChI=1S/C15H16N4S/c1-11(18-19-15(16)17)14(10-13-8-5-9-20-13)12-6-3-2-4-7-12/h2-10H,1H3,(H4,16,17,19)/b14-10+,18-11+. The lowest BCUT2D eigenvalue weighted by Crippen LogP contribution is -2.22. The Morgan fingerprint density at radius 3 is 2.40 bits per heavy atom. The molecule has 0 spiro atoms. The summed E-state index contributed by atoms with van der Waals surface area (Å²) in [6, 6.07) is 14.1. The average molecular weight is 284 g/mol. The van der Waals surface area contributed by atoms with Gasteiger partial charge < -0.3 is 11.5 Å². The zero-order valence-electron chi connectivity index (χ0n) is 11.2. The Bertz CT molecular complexity index is 636. The first-order chi connectivity index (χ1) is 9.66. The van der Waals surface area contributed by atoms with E-state index in [0.717, 1.165) is 21.7 Å². The van der Waals surface area contributed by atoms with Crippen LogP contribution < -0.4 is 11.5 Å². The molecule has 102 valence electrons. The first-order valence-electron chi connectivity index (χ1n) is 6.11. The maximum atomic E-state index is 5.32. The fourth-order valence-corrected chi connectivity index (χ4v) is 2.37. The van der Waals surface area contributed by atoms with Crippen molar-refractivity contribution in [1.29, 1.82) is 0 Å². The van der Waals surface area contributed by atoms with Crippen LogP contribution in [0.5, 0.6) is 0 Å². The molecular weight excluding hydrogens is 268 g/mol. The molecule has 0 saturated heterocycles. The number of guanidine groups is 1. The normalized spacial score (nSPS) is 12.2. The Kier molecular flexibility index (Phi) is 4.68. The lowest BCUT2D eigenvalue weighted by Gasteiger charge is -2.06. The second kappa shape index (κ2) is 6.68. The molecule has 0 atom stereocenters. The van der Waals surface area contributed by atoms with E-state index in [0.29, 0.717) is 0 Å². The van der Waals surface area contributed by atoms with Gasteiger partial charge in [0.2, 0.25) is 5.96 Å². The summed E-state index contributed by atoms with van der Waals surface area (Å²) >= 11 is 1.67. The van der Waals surface area contributed by atoms with E-state index in [1.54, 1.807) is 11.3 Å². The summed E-state index contributed by atoms with van der Waals surface area (Å²) in [7, 11) is 0. The summed E-state index contributed by atoms with van der Waals surface area (Å²) in [5.41, 5.74) is 13.5. The van der Waals surface area contributed by atoms with Gasteiger partial charge in [-0.25, -0.2) is 0 Å². The van der Waals surface area contributed by atoms with E-state index in [1.165, 1.54) is 0 Å². The van der Waals surface area contributed by atoms with Crippen molar-refractivity contribution in [3.05, 3.63) is 58.3 Å². The molecular formula is C15H16N4S. The van der Waals surface area contributed by atoms with E-state index < -0.39 is 0 Å². The van der Waals surface area contributed by atoms with Crippen molar-refractivity contribution >= 4 is 34.7 Å². The molecule has 0 bridgehead atoms. The highest BCUT2D eigenvalue weighted by atomic mass is 32.1. The van der Waals surface area contributed by atoms with E-state index in [-0.39, 0.29) is 5.96 Å². The summed E-state index contributed by atoms with van der Waals surface area (Å²) in [5, 5.41) is 9.83. The van der Waals surface area contributed by atoms with Crippen molar-refractivity contribution in [2.75, 3.05) is 0 Å². The third kappa shape index (κ3) is 3.80. The van der Waals surface area contributed by atoms with Gasteiger partial charge in [0.15, 0.2) is 0 Å². The van der Waals surface area contributed by atoms with Crippen molar-refractivity contribution in [2.24, 2.45) is 21.7 Å². The Morgan fingerprint density at radius 2 is 1.80 bits per heavy atom. The first-order valence-corrected chi connectivity index (χ1v) is 6.99. The van der Waals surface area contributed by atoms with Gasteiger partial charge in [0.1, 0.15) is 0 Å². The number of hydrogen-bond acceptors (Lipinski definition) is 3. The van der Waals surface area contributed by atoms with Crippen molar-refractivity contribution in [3.63, 3.8) is 0 Å². The lowest BCUT2D eigenvalue weighted by atomic mass is 10.0. The fraction of sp³-hybridized carbons (Fsp3) is 0.0667. The minimum absolute atomic E-state index is 0.0483. The molecule has 0 radical (unpaired) electrons. The van der Waals surface area contributed by atoms with Crippen LogP contribution in [0.3, 0.4) is 0 Å². The van der Waals surface area contributed by atoms with Gasteiger partial charge in [-0.05, 0) is 30.0 Å². The van der Waals surface area contributed by atoms with E-state index in [2.05, 4.69) is 22.3 Å². The predicted octanol–water partition coefficient (Wildman–Crippen LogP) is 2.94. The Morgan fingerprint density at radius 1 is 1.05 bits per heavy atom. The van der Waals surface area contributed by atoms with Crippen LogP contribution in [0.15, 0.2) is 58.0 Å². The third-order valence-electron chi connectivity index (χ3n) is 2.62. The summed E-state index contributed by atoms with van der Waals surface area (Å²) < 4.78 is 0. The smallest absolute Gasteiger partial charge is 0.211 e. The molecule has 1 aromatic heterocycles. The first kappa shape index (κ1) is 14.0. The van der Waals surface area contributed by atoms with Gasteiger partial charge in [-0.2, -0.15) is 5.10 Å². The summed E-state index contributed by atoms with van der Waals surface area (Å²) in [6.07, 6.45) is 2.08. The Balaban J connectivity index is 2.45. The van der Waals surface area contributed by atoms with Gasteiger partial charge in [0.05, 0.1) is 5.71 Å². The van der Waals surface area contributed by atoms with E-state index in [4.69, 9.17) is 11.5 Å². The molecule has 0 amide bonds. The highest BCUT2D eigenvalue weighted by Crippen LogP contribution is 2.22. The predicted molar refractivity (Wildman–Crippen MR) is 87.6 cm³/mol. The topological polar surface area (TPSA) is 76.8 Å². The number of nitrogens with zero attached hydrogens (tertiary/aromatic N) is 2. The number of benzene rings is 1. The van der Waals surface area contributed by atoms with Crippen LogP contribution in [0, 0.1) is 0 Å². The minimum atomic E-state index is -0.0483. The van der Waals surface area contributed by atoms with Gasteiger partial charge in [0.25, 0.3) is 0 Å². The van der Waals surface area contributed by atoms with Crippen LogP contribution in [0.4, 0.5) is 0 Å². The largest absolute Gasteiger partial charge is 0.369 e. The molecule has 20 heavy (non-hydrogen) atoms. The molecule has 0 aliphatic carbocycles. The molecule has 2 aromatic rings. The number of allylic oxidation sites excluding steroid dienone is 1. The van der Waals surface area contributed by atoms with Gasteiger partial charge in [-0.1, -0.05) is 36.4 Å². The summed E-state index contributed by atoms with van der Waals surface area (Å²) in [5.74, 6) is -0.0483. The van der Waals surface area contributed by atoms with Crippen molar-refractivity contribution in [2.45, 2.75) is 6.92 Å². The molecule has 0 saturated carbocycles. The zero-order valence-corrected chi connectivity index (χ0v) is 12.0. The molecule has 4 nitrogen and oxygen atoms in total. The van der Waals surface area contributed by atoms with Crippen LogP contribution >= 0.6 is 11.3 Å². The van der Waals surface area contributed by atoms with E-state index >= 15 is 0 Å².